The average Bonchev–Trinajstić information content (AvgIpc) is 2.65. The molecule has 1 aliphatic carbocycles. The van der Waals surface area contributed by atoms with Gasteiger partial charge in [-0.3, -0.25) is 14.3 Å². The minimum atomic E-state index is -0.272. The quantitative estimate of drug-likeness (QED) is 0.873. The van der Waals surface area contributed by atoms with E-state index in [1.807, 2.05) is 0 Å². The highest BCUT2D eigenvalue weighted by Gasteiger charge is 2.37. The fraction of sp³-hybridized carbons (Fsp3) is 0.789. The summed E-state index contributed by atoms with van der Waals surface area (Å²) in [6, 6.07) is 0. The lowest BCUT2D eigenvalue weighted by atomic mass is 9.79. The Morgan fingerprint density at radius 3 is 2.32 bits per heavy atom. The Labute approximate surface area is 149 Å². The first-order valence-corrected chi connectivity index (χ1v) is 9.75. The third-order valence-electron chi connectivity index (χ3n) is 6.10. The van der Waals surface area contributed by atoms with E-state index in [0.29, 0.717) is 12.1 Å². The number of rotatable bonds is 5. The van der Waals surface area contributed by atoms with Crippen LogP contribution in [0.15, 0.2) is 15.8 Å². The molecular weight excluding hydrogens is 316 g/mol. The van der Waals surface area contributed by atoms with Crippen LogP contribution < -0.4 is 16.6 Å². The molecule has 1 N–H and O–H groups in total. The molecule has 1 saturated carbocycles. The van der Waals surface area contributed by atoms with Crippen molar-refractivity contribution in [3.8, 4) is 0 Å². The molecule has 1 aliphatic heterocycles. The lowest BCUT2D eigenvalue weighted by molar-refractivity contribution is 0.0332. The molecule has 140 valence electrons. The van der Waals surface area contributed by atoms with Gasteiger partial charge in [-0.25, -0.2) is 4.79 Å². The Bertz CT molecular complexity index is 694. The number of aromatic nitrogens is 2. The smallest absolute Gasteiger partial charge is 0.311 e. The maximum absolute atomic E-state index is 12.3. The van der Waals surface area contributed by atoms with Gasteiger partial charge in [0.1, 0.15) is 0 Å². The van der Waals surface area contributed by atoms with E-state index in [1.165, 1.54) is 73.6 Å². The van der Waals surface area contributed by atoms with Gasteiger partial charge in [0.15, 0.2) is 0 Å². The van der Waals surface area contributed by atoms with Crippen molar-refractivity contribution >= 4 is 0 Å². The summed E-state index contributed by atoms with van der Waals surface area (Å²) >= 11 is 0. The Morgan fingerprint density at radius 2 is 1.64 bits per heavy atom. The minimum Gasteiger partial charge on any atom is -0.311 e. The summed E-state index contributed by atoms with van der Waals surface area (Å²) < 4.78 is 2.68. The van der Waals surface area contributed by atoms with Gasteiger partial charge < -0.3 is 9.88 Å². The van der Waals surface area contributed by atoms with Crippen molar-refractivity contribution in [2.24, 2.45) is 14.1 Å². The third kappa shape index (κ3) is 3.90. The monoisotopic (exact) mass is 348 g/mol. The van der Waals surface area contributed by atoms with E-state index in [-0.39, 0.29) is 16.8 Å². The first-order valence-electron chi connectivity index (χ1n) is 9.75. The summed E-state index contributed by atoms with van der Waals surface area (Å²) in [7, 11) is 3.24. The van der Waals surface area contributed by atoms with E-state index in [1.54, 1.807) is 20.3 Å². The number of hydrogen-bond donors (Lipinski definition) is 1. The van der Waals surface area contributed by atoms with Crippen molar-refractivity contribution < 1.29 is 0 Å². The highest BCUT2D eigenvalue weighted by Crippen LogP contribution is 2.35. The van der Waals surface area contributed by atoms with Crippen molar-refractivity contribution in [1.82, 2.24) is 19.4 Å². The Morgan fingerprint density at radius 1 is 1.00 bits per heavy atom. The highest BCUT2D eigenvalue weighted by atomic mass is 16.2. The Hall–Kier alpha value is -1.40. The zero-order valence-electron chi connectivity index (χ0n) is 15.7. The molecule has 6 heteroatoms. The van der Waals surface area contributed by atoms with Crippen LogP contribution in [0.25, 0.3) is 0 Å². The summed E-state index contributed by atoms with van der Waals surface area (Å²) in [6.07, 6.45) is 12.1. The fourth-order valence-electron chi connectivity index (χ4n) is 4.62. The standard InChI is InChI=1S/C19H32N4O2/c1-21-14-16(17(24)22(2)18(21)25)13-20-15-19(9-5-3-6-10-19)23-11-7-4-8-12-23/h14,20H,3-13,15H2,1-2H3. The molecule has 0 atom stereocenters. The van der Waals surface area contributed by atoms with E-state index < -0.39 is 0 Å². The number of likely N-dealkylation sites (tertiary alicyclic amines) is 1. The summed E-state index contributed by atoms with van der Waals surface area (Å²) in [5, 5.41) is 3.55. The Kier molecular flexibility index (Phi) is 5.79. The average molecular weight is 348 g/mol. The van der Waals surface area contributed by atoms with Gasteiger partial charge in [0, 0.05) is 44.5 Å². The molecule has 6 nitrogen and oxygen atoms in total. The van der Waals surface area contributed by atoms with Crippen LogP contribution in [-0.2, 0) is 20.6 Å². The fourth-order valence-corrected chi connectivity index (χ4v) is 4.62. The predicted octanol–water partition coefficient (Wildman–Crippen LogP) is 1.36. The van der Waals surface area contributed by atoms with Crippen LogP contribution in [0, 0.1) is 0 Å². The molecule has 2 fully saturated rings. The molecule has 0 radical (unpaired) electrons. The topological polar surface area (TPSA) is 59.3 Å². The van der Waals surface area contributed by atoms with Crippen LogP contribution in [0.2, 0.25) is 0 Å². The first-order chi connectivity index (χ1) is 12.0. The SMILES string of the molecule is Cn1cc(CNCC2(N3CCCCC3)CCCCC2)c(=O)n(C)c1=O. The molecular formula is C19H32N4O2. The number of piperidine rings is 1. The first kappa shape index (κ1) is 18.4. The second kappa shape index (κ2) is 7.87. The molecule has 0 aromatic carbocycles. The molecule has 3 rings (SSSR count). The second-order valence-corrected chi connectivity index (χ2v) is 7.85. The zero-order valence-corrected chi connectivity index (χ0v) is 15.7. The van der Waals surface area contributed by atoms with Crippen molar-refractivity contribution in [3.05, 3.63) is 32.6 Å². The lowest BCUT2D eigenvalue weighted by Crippen LogP contribution is -2.57. The van der Waals surface area contributed by atoms with E-state index in [0.717, 1.165) is 6.54 Å². The molecule has 2 aliphatic rings. The van der Waals surface area contributed by atoms with Crippen molar-refractivity contribution in [1.29, 1.82) is 0 Å². The lowest BCUT2D eigenvalue weighted by Gasteiger charge is -2.48. The number of nitrogens with one attached hydrogen (secondary N) is 1. The van der Waals surface area contributed by atoms with Crippen LogP contribution in [-0.4, -0.2) is 39.2 Å². The predicted molar refractivity (Wildman–Crippen MR) is 99.9 cm³/mol. The van der Waals surface area contributed by atoms with E-state index in [4.69, 9.17) is 0 Å². The number of nitrogens with zero attached hydrogens (tertiary/aromatic N) is 3. The van der Waals surface area contributed by atoms with Gasteiger partial charge in [0.25, 0.3) is 5.56 Å². The summed E-state index contributed by atoms with van der Waals surface area (Å²) in [6.45, 7) is 3.88. The van der Waals surface area contributed by atoms with Crippen LogP contribution in [0.4, 0.5) is 0 Å². The van der Waals surface area contributed by atoms with Crippen molar-refractivity contribution in [2.75, 3.05) is 19.6 Å². The van der Waals surface area contributed by atoms with Crippen LogP contribution in [0.1, 0.15) is 56.9 Å². The van der Waals surface area contributed by atoms with Gasteiger partial charge in [0.2, 0.25) is 0 Å². The van der Waals surface area contributed by atoms with Crippen molar-refractivity contribution in [2.45, 2.75) is 63.5 Å². The molecule has 2 heterocycles. The van der Waals surface area contributed by atoms with Gasteiger partial charge >= 0.3 is 5.69 Å². The molecule has 0 spiro atoms. The highest BCUT2D eigenvalue weighted by molar-refractivity contribution is 5.06. The van der Waals surface area contributed by atoms with Crippen LogP contribution in [0.3, 0.4) is 0 Å². The van der Waals surface area contributed by atoms with E-state index >= 15 is 0 Å². The normalized spacial score (nSPS) is 21.4. The molecule has 0 unspecified atom stereocenters. The van der Waals surface area contributed by atoms with Gasteiger partial charge in [-0.1, -0.05) is 25.7 Å². The molecule has 0 amide bonds. The summed E-state index contributed by atoms with van der Waals surface area (Å²) in [5.41, 5.74) is 0.455. The largest absolute Gasteiger partial charge is 0.330 e. The maximum Gasteiger partial charge on any atom is 0.330 e. The summed E-state index contributed by atoms with van der Waals surface area (Å²) in [5.74, 6) is 0. The van der Waals surface area contributed by atoms with Crippen molar-refractivity contribution in [3.63, 3.8) is 0 Å². The summed E-state index contributed by atoms with van der Waals surface area (Å²) in [4.78, 5) is 26.8. The third-order valence-corrected chi connectivity index (χ3v) is 6.10. The molecule has 0 bridgehead atoms. The molecule has 1 aromatic rings. The van der Waals surface area contributed by atoms with Crippen LogP contribution >= 0.6 is 0 Å². The van der Waals surface area contributed by atoms with Gasteiger partial charge in [0.05, 0.1) is 0 Å². The molecule has 1 saturated heterocycles. The maximum atomic E-state index is 12.3. The zero-order chi connectivity index (χ0) is 17.9. The van der Waals surface area contributed by atoms with Gasteiger partial charge in [-0.15, -0.1) is 0 Å². The van der Waals surface area contributed by atoms with E-state index in [9.17, 15) is 9.59 Å². The minimum absolute atomic E-state index is 0.189. The van der Waals surface area contributed by atoms with E-state index in [2.05, 4.69) is 10.2 Å². The number of hydrogen-bond acceptors (Lipinski definition) is 4. The Balaban J connectivity index is 1.70. The van der Waals surface area contributed by atoms with Gasteiger partial charge in [-0.2, -0.15) is 0 Å². The second-order valence-electron chi connectivity index (χ2n) is 7.85. The molecule has 1 aromatic heterocycles. The van der Waals surface area contributed by atoms with Gasteiger partial charge in [-0.05, 0) is 38.8 Å². The van der Waals surface area contributed by atoms with Crippen LogP contribution in [0.5, 0.6) is 0 Å². The number of aryl methyl sites for hydroxylation is 1. The molecule has 25 heavy (non-hydrogen) atoms.